The lowest BCUT2D eigenvalue weighted by Crippen LogP contribution is -1.89. The van der Waals surface area contributed by atoms with E-state index in [1.807, 2.05) is 6.07 Å². The first kappa shape index (κ1) is 8.96. The summed E-state index contributed by atoms with van der Waals surface area (Å²) in [6.07, 6.45) is 0. The highest BCUT2D eigenvalue weighted by Gasteiger charge is 2.06. The Morgan fingerprint density at radius 1 is 1.43 bits per heavy atom. The van der Waals surface area contributed by atoms with E-state index in [4.69, 9.17) is 12.2 Å². The van der Waals surface area contributed by atoms with Gasteiger partial charge in [0.25, 0.3) is 0 Å². The van der Waals surface area contributed by atoms with Crippen LogP contribution in [0.3, 0.4) is 0 Å². The molecule has 0 aliphatic rings. The zero-order valence-electron chi connectivity index (χ0n) is 7.56. The molecule has 0 amide bonds. The molecule has 2 aromatic rings. The lowest BCUT2D eigenvalue weighted by Gasteiger charge is -1.98. The number of aromatic amines is 1. The van der Waals surface area contributed by atoms with Crippen LogP contribution in [0, 0.1) is 4.77 Å². The Balaban J connectivity index is 2.60. The molecular weight excluding hydrogens is 198 g/mol. The fraction of sp³-hybridized carbons (Fsp3) is 0.111. The first-order valence-corrected chi connectivity index (χ1v) is 4.50. The topological polar surface area (TPSA) is 53.8 Å². The summed E-state index contributed by atoms with van der Waals surface area (Å²) in [5.74, 6) is 0.771. The highest BCUT2D eigenvalue weighted by Crippen LogP contribution is 2.24. The molecule has 14 heavy (non-hydrogen) atoms. The third-order valence-corrected chi connectivity index (χ3v) is 2.29. The van der Waals surface area contributed by atoms with Crippen LogP contribution in [-0.4, -0.2) is 19.9 Å². The number of hydrogen-bond acceptors (Lipinski definition) is 3. The molecule has 0 aliphatic heterocycles. The molecule has 5 heteroatoms. The van der Waals surface area contributed by atoms with Crippen molar-refractivity contribution in [2.45, 2.75) is 0 Å². The summed E-state index contributed by atoms with van der Waals surface area (Å²) in [4.78, 5) is 4.10. The van der Waals surface area contributed by atoms with Gasteiger partial charge < -0.3 is 5.11 Å². The molecule has 0 saturated carbocycles. The predicted molar refractivity (Wildman–Crippen MR) is 55.5 cm³/mol. The van der Waals surface area contributed by atoms with Gasteiger partial charge in [0.1, 0.15) is 5.75 Å². The smallest absolute Gasteiger partial charge is 0.216 e. The van der Waals surface area contributed by atoms with Crippen molar-refractivity contribution in [3.8, 4) is 17.1 Å². The molecule has 0 saturated heterocycles. The number of phenolic OH excluding ortho intramolecular Hbond substituents is 1. The lowest BCUT2D eigenvalue weighted by atomic mass is 10.2. The van der Waals surface area contributed by atoms with Crippen molar-refractivity contribution in [2.24, 2.45) is 7.05 Å². The number of rotatable bonds is 1. The number of nitrogens with one attached hydrogen (secondary N) is 1. The second kappa shape index (κ2) is 3.26. The number of H-pyrrole nitrogens is 1. The number of para-hydroxylation sites is 1. The summed E-state index contributed by atoms with van der Waals surface area (Å²) in [5.41, 5.74) is 0.652. The molecule has 1 heterocycles. The quantitative estimate of drug-likeness (QED) is 0.702. The summed E-state index contributed by atoms with van der Waals surface area (Å²) < 4.78 is 2.08. The molecule has 0 unspecified atom stereocenters. The highest BCUT2D eigenvalue weighted by atomic mass is 32.1. The minimum atomic E-state index is 0.192. The highest BCUT2D eigenvalue weighted by molar-refractivity contribution is 7.71. The van der Waals surface area contributed by atoms with Crippen LogP contribution in [0.15, 0.2) is 24.3 Å². The van der Waals surface area contributed by atoms with Crippen LogP contribution in [0.5, 0.6) is 5.75 Å². The summed E-state index contributed by atoms with van der Waals surface area (Å²) in [6.45, 7) is 0. The van der Waals surface area contributed by atoms with Gasteiger partial charge in [0.05, 0.1) is 5.56 Å². The maximum Gasteiger partial charge on any atom is 0.216 e. The molecule has 1 aromatic heterocycles. The van der Waals surface area contributed by atoms with Gasteiger partial charge in [0, 0.05) is 7.05 Å². The number of aromatic hydroxyl groups is 1. The monoisotopic (exact) mass is 207 g/mol. The minimum Gasteiger partial charge on any atom is -0.507 e. The standard InChI is InChI=1S/C9H9N3OS/c1-12-9(14)10-8(11-12)6-4-2-3-5-7(6)13/h2-5,13H,1H3,(H,10,11,14). The van der Waals surface area contributed by atoms with Gasteiger partial charge in [-0.15, -0.1) is 0 Å². The molecule has 0 aliphatic carbocycles. The number of phenols is 1. The van der Waals surface area contributed by atoms with Crippen LogP contribution in [0.1, 0.15) is 0 Å². The zero-order valence-corrected chi connectivity index (χ0v) is 8.38. The van der Waals surface area contributed by atoms with E-state index in [0.29, 0.717) is 16.2 Å². The predicted octanol–water partition coefficient (Wildman–Crippen LogP) is 1.85. The maximum atomic E-state index is 9.56. The van der Waals surface area contributed by atoms with E-state index >= 15 is 0 Å². The molecule has 2 N–H and O–H groups in total. The third-order valence-electron chi connectivity index (χ3n) is 1.93. The molecule has 4 nitrogen and oxygen atoms in total. The van der Waals surface area contributed by atoms with Gasteiger partial charge in [0.2, 0.25) is 4.77 Å². The van der Waals surface area contributed by atoms with Gasteiger partial charge in [-0.25, -0.2) is 0 Å². The van der Waals surface area contributed by atoms with E-state index in [1.54, 1.807) is 29.9 Å². The molecule has 0 radical (unpaired) electrons. The number of hydrogen-bond donors (Lipinski definition) is 2. The second-order valence-electron chi connectivity index (χ2n) is 2.93. The van der Waals surface area contributed by atoms with Crippen molar-refractivity contribution in [3.05, 3.63) is 29.0 Å². The van der Waals surface area contributed by atoms with E-state index < -0.39 is 0 Å². The van der Waals surface area contributed by atoms with Crippen LogP contribution in [0.4, 0.5) is 0 Å². The number of benzene rings is 1. The van der Waals surface area contributed by atoms with Gasteiger partial charge in [-0.05, 0) is 24.4 Å². The Morgan fingerprint density at radius 3 is 2.71 bits per heavy atom. The summed E-state index contributed by atoms with van der Waals surface area (Å²) in [5, 5.41) is 12.5. The van der Waals surface area contributed by atoms with E-state index in [9.17, 15) is 5.11 Å². The van der Waals surface area contributed by atoms with Crippen molar-refractivity contribution < 1.29 is 5.11 Å². The lowest BCUT2D eigenvalue weighted by molar-refractivity contribution is 0.477. The van der Waals surface area contributed by atoms with Gasteiger partial charge in [-0.2, -0.15) is 4.98 Å². The Bertz CT molecular complexity index is 515. The number of aryl methyl sites for hydroxylation is 1. The average molecular weight is 207 g/mol. The molecule has 0 fully saturated rings. The summed E-state index contributed by atoms with van der Waals surface area (Å²) in [7, 11) is 1.78. The first-order chi connectivity index (χ1) is 6.68. The van der Waals surface area contributed by atoms with Crippen LogP contribution in [0.25, 0.3) is 11.4 Å². The molecule has 1 aromatic carbocycles. The van der Waals surface area contributed by atoms with Gasteiger partial charge in [-0.3, -0.25) is 9.78 Å². The van der Waals surface area contributed by atoms with Crippen molar-refractivity contribution in [1.82, 2.24) is 14.8 Å². The van der Waals surface area contributed by atoms with Crippen molar-refractivity contribution >= 4 is 12.2 Å². The fourth-order valence-electron chi connectivity index (χ4n) is 1.20. The fourth-order valence-corrected chi connectivity index (χ4v) is 1.33. The number of aromatic nitrogens is 3. The molecular formula is C9H9N3OS. The maximum absolute atomic E-state index is 9.56. The van der Waals surface area contributed by atoms with E-state index in [2.05, 4.69) is 10.1 Å². The van der Waals surface area contributed by atoms with E-state index in [-0.39, 0.29) is 5.75 Å². The van der Waals surface area contributed by atoms with Crippen molar-refractivity contribution in [2.75, 3.05) is 0 Å². The first-order valence-electron chi connectivity index (χ1n) is 4.10. The second-order valence-corrected chi connectivity index (χ2v) is 3.30. The Hall–Kier alpha value is -1.62. The summed E-state index contributed by atoms with van der Waals surface area (Å²) in [6, 6.07) is 6.99. The average Bonchev–Trinajstić information content (AvgIpc) is 2.48. The van der Waals surface area contributed by atoms with Gasteiger partial charge in [-0.1, -0.05) is 12.1 Å². The van der Waals surface area contributed by atoms with Crippen molar-refractivity contribution in [1.29, 1.82) is 0 Å². The SMILES string of the molecule is Cn1[nH]c(-c2ccccc2O)nc1=S. The van der Waals surface area contributed by atoms with E-state index in [0.717, 1.165) is 0 Å². The minimum absolute atomic E-state index is 0.192. The van der Waals surface area contributed by atoms with Crippen LogP contribution >= 0.6 is 12.2 Å². The zero-order chi connectivity index (χ0) is 10.1. The molecule has 0 atom stereocenters. The van der Waals surface area contributed by atoms with Gasteiger partial charge in [0.15, 0.2) is 5.82 Å². The number of nitrogens with zero attached hydrogens (tertiary/aromatic N) is 2. The van der Waals surface area contributed by atoms with Crippen LogP contribution in [0.2, 0.25) is 0 Å². The van der Waals surface area contributed by atoms with Crippen LogP contribution in [-0.2, 0) is 7.05 Å². The Morgan fingerprint density at radius 2 is 2.14 bits per heavy atom. The molecule has 2 rings (SSSR count). The molecule has 0 spiro atoms. The molecule has 72 valence electrons. The summed E-state index contributed by atoms with van der Waals surface area (Å²) >= 11 is 4.96. The molecule has 0 bridgehead atoms. The third kappa shape index (κ3) is 1.42. The van der Waals surface area contributed by atoms with Crippen LogP contribution < -0.4 is 0 Å². The largest absolute Gasteiger partial charge is 0.507 e. The Kier molecular flexibility index (Phi) is 2.09. The van der Waals surface area contributed by atoms with E-state index in [1.165, 1.54) is 0 Å². The normalized spacial score (nSPS) is 10.4. The van der Waals surface area contributed by atoms with Gasteiger partial charge >= 0.3 is 0 Å². The Labute approximate surface area is 85.8 Å². The van der Waals surface area contributed by atoms with Crippen molar-refractivity contribution in [3.63, 3.8) is 0 Å².